The van der Waals surface area contributed by atoms with Crippen LogP contribution in [0.5, 0.6) is 5.75 Å². The number of aryl methyl sites for hydroxylation is 1. The molecule has 2 amide bonds. The zero-order valence-electron chi connectivity index (χ0n) is 15.4. The predicted molar refractivity (Wildman–Crippen MR) is 98.9 cm³/mol. The van der Waals surface area contributed by atoms with Gasteiger partial charge in [0.15, 0.2) is 0 Å². The summed E-state index contributed by atoms with van der Waals surface area (Å²) < 4.78 is 5.48. The molecule has 1 fully saturated rings. The number of benzene rings is 1. The summed E-state index contributed by atoms with van der Waals surface area (Å²) in [4.78, 5) is 24.1. The maximum Gasteiger partial charge on any atom is 0.251 e. The zero-order chi connectivity index (χ0) is 18.1. The molecule has 0 bridgehead atoms. The summed E-state index contributed by atoms with van der Waals surface area (Å²) in [5.41, 5.74) is 1.55. The minimum absolute atomic E-state index is 0.0954. The van der Waals surface area contributed by atoms with Gasteiger partial charge in [0.1, 0.15) is 5.75 Å². The van der Waals surface area contributed by atoms with Gasteiger partial charge in [-0.3, -0.25) is 9.59 Å². The minimum Gasteiger partial charge on any atom is -0.494 e. The monoisotopic (exact) mass is 346 g/mol. The summed E-state index contributed by atoms with van der Waals surface area (Å²) in [6.07, 6.45) is 6.74. The Kier molecular flexibility index (Phi) is 7.76. The number of hydrogen-bond donors (Lipinski definition) is 2. The lowest BCUT2D eigenvalue weighted by atomic mass is 9.87. The van der Waals surface area contributed by atoms with Crippen LogP contribution in [0.2, 0.25) is 0 Å². The highest BCUT2D eigenvalue weighted by Crippen LogP contribution is 2.26. The van der Waals surface area contributed by atoms with Gasteiger partial charge in [0, 0.05) is 25.1 Å². The normalized spacial score (nSPS) is 14.8. The highest BCUT2D eigenvalue weighted by Gasteiger charge is 2.16. The molecule has 25 heavy (non-hydrogen) atoms. The largest absolute Gasteiger partial charge is 0.494 e. The lowest BCUT2D eigenvalue weighted by Crippen LogP contribution is -2.35. The lowest BCUT2D eigenvalue weighted by Gasteiger charge is -2.20. The topological polar surface area (TPSA) is 67.4 Å². The van der Waals surface area contributed by atoms with Gasteiger partial charge in [-0.1, -0.05) is 19.3 Å². The van der Waals surface area contributed by atoms with Gasteiger partial charge in [-0.2, -0.15) is 0 Å². The second-order valence-corrected chi connectivity index (χ2v) is 6.73. The van der Waals surface area contributed by atoms with Crippen molar-refractivity contribution in [3.05, 3.63) is 29.3 Å². The Morgan fingerprint density at radius 2 is 1.84 bits per heavy atom. The second-order valence-electron chi connectivity index (χ2n) is 6.73. The SMILES string of the molecule is CCOc1ccc(C(=O)NCCNC(=O)CC2CCCCC2)cc1C. The third-order valence-corrected chi connectivity index (χ3v) is 4.67. The van der Waals surface area contributed by atoms with Gasteiger partial charge in [0.05, 0.1) is 6.61 Å². The first-order valence-corrected chi connectivity index (χ1v) is 9.38. The first-order chi connectivity index (χ1) is 12.1. The van der Waals surface area contributed by atoms with E-state index in [9.17, 15) is 9.59 Å². The molecule has 0 spiro atoms. The molecule has 1 aliphatic carbocycles. The van der Waals surface area contributed by atoms with Crippen molar-refractivity contribution >= 4 is 11.8 Å². The number of nitrogens with one attached hydrogen (secondary N) is 2. The first kappa shape index (κ1) is 19.3. The number of rotatable bonds is 8. The van der Waals surface area contributed by atoms with Gasteiger partial charge in [0.25, 0.3) is 5.91 Å². The van der Waals surface area contributed by atoms with Crippen molar-refractivity contribution in [1.29, 1.82) is 0 Å². The molecule has 0 radical (unpaired) electrons. The first-order valence-electron chi connectivity index (χ1n) is 9.38. The molecule has 0 aliphatic heterocycles. The third kappa shape index (κ3) is 6.40. The third-order valence-electron chi connectivity index (χ3n) is 4.67. The number of carbonyl (C=O) groups excluding carboxylic acids is 2. The van der Waals surface area contributed by atoms with Crippen molar-refractivity contribution < 1.29 is 14.3 Å². The Hall–Kier alpha value is -2.04. The molecule has 1 saturated carbocycles. The molecule has 5 nitrogen and oxygen atoms in total. The maximum absolute atomic E-state index is 12.2. The van der Waals surface area contributed by atoms with E-state index < -0.39 is 0 Å². The van der Waals surface area contributed by atoms with E-state index in [1.54, 1.807) is 6.07 Å². The molecule has 1 aliphatic rings. The maximum atomic E-state index is 12.2. The van der Waals surface area contributed by atoms with Crippen molar-refractivity contribution in [3.8, 4) is 5.75 Å². The quantitative estimate of drug-likeness (QED) is 0.710. The van der Waals surface area contributed by atoms with Crippen LogP contribution in [0.4, 0.5) is 0 Å². The van der Waals surface area contributed by atoms with Crippen LogP contribution in [0, 0.1) is 12.8 Å². The molecule has 0 heterocycles. The molecule has 0 unspecified atom stereocenters. The highest BCUT2D eigenvalue weighted by molar-refractivity contribution is 5.94. The lowest BCUT2D eigenvalue weighted by molar-refractivity contribution is -0.122. The van der Waals surface area contributed by atoms with E-state index >= 15 is 0 Å². The predicted octanol–water partition coefficient (Wildman–Crippen LogP) is 3.21. The molecule has 1 aromatic rings. The number of hydrogen-bond acceptors (Lipinski definition) is 3. The summed E-state index contributed by atoms with van der Waals surface area (Å²) in [5, 5.41) is 5.74. The smallest absolute Gasteiger partial charge is 0.251 e. The summed E-state index contributed by atoms with van der Waals surface area (Å²) in [6, 6.07) is 5.40. The van der Waals surface area contributed by atoms with Gasteiger partial charge >= 0.3 is 0 Å². The van der Waals surface area contributed by atoms with Crippen LogP contribution in [0.3, 0.4) is 0 Å². The van der Waals surface area contributed by atoms with Gasteiger partial charge in [0.2, 0.25) is 5.91 Å². The van der Waals surface area contributed by atoms with Crippen molar-refractivity contribution in [2.75, 3.05) is 19.7 Å². The van der Waals surface area contributed by atoms with E-state index in [-0.39, 0.29) is 11.8 Å². The molecule has 2 rings (SSSR count). The van der Waals surface area contributed by atoms with Crippen LogP contribution < -0.4 is 15.4 Å². The van der Waals surface area contributed by atoms with Crippen molar-refractivity contribution in [2.24, 2.45) is 5.92 Å². The average molecular weight is 346 g/mol. The molecule has 0 atom stereocenters. The molecule has 0 aromatic heterocycles. The molecule has 5 heteroatoms. The summed E-state index contributed by atoms with van der Waals surface area (Å²) in [7, 11) is 0. The molecule has 2 N–H and O–H groups in total. The average Bonchev–Trinajstić information content (AvgIpc) is 2.61. The second kappa shape index (κ2) is 10.1. The minimum atomic E-state index is -0.132. The van der Waals surface area contributed by atoms with Crippen molar-refractivity contribution in [1.82, 2.24) is 10.6 Å². The van der Waals surface area contributed by atoms with E-state index in [2.05, 4.69) is 10.6 Å². The Bertz CT molecular complexity index is 580. The van der Waals surface area contributed by atoms with Crippen LogP contribution in [-0.4, -0.2) is 31.5 Å². The van der Waals surface area contributed by atoms with E-state index in [4.69, 9.17) is 4.74 Å². The Morgan fingerprint density at radius 1 is 1.12 bits per heavy atom. The zero-order valence-corrected chi connectivity index (χ0v) is 15.4. The van der Waals surface area contributed by atoms with Crippen molar-refractivity contribution in [3.63, 3.8) is 0 Å². The number of ether oxygens (including phenoxy) is 1. The van der Waals surface area contributed by atoms with Crippen LogP contribution >= 0.6 is 0 Å². The summed E-state index contributed by atoms with van der Waals surface area (Å²) >= 11 is 0. The van der Waals surface area contributed by atoms with Gasteiger partial charge in [-0.05, 0) is 56.4 Å². The molecule has 1 aromatic carbocycles. The Labute approximate surface area is 150 Å². The number of carbonyl (C=O) groups is 2. The Balaban J connectivity index is 1.67. The Morgan fingerprint density at radius 3 is 2.52 bits per heavy atom. The van der Waals surface area contributed by atoms with Crippen LogP contribution in [0.25, 0.3) is 0 Å². The highest BCUT2D eigenvalue weighted by atomic mass is 16.5. The van der Waals surface area contributed by atoms with E-state index in [1.807, 2.05) is 26.0 Å². The fourth-order valence-electron chi connectivity index (χ4n) is 3.31. The fraction of sp³-hybridized carbons (Fsp3) is 0.600. The molecular weight excluding hydrogens is 316 g/mol. The molecule has 138 valence electrons. The summed E-state index contributed by atoms with van der Waals surface area (Å²) in [6.45, 7) is 5.36. The van der Waals surface area contributed by atoms with Crippen LogP contribution in [0.15, 0.2) is 18.2 Å². The van der Waals surface area contributed by atoms with E-state index in [0.29, 0.717) is 37.6 Å². The van der Waals surface area contributed by atoms with E-state index in [1.165, 1.54) is 32.1 Å². The van der Waals surface area contributed by atoms with Gasteiger partial charge in [-0.15, -0.1) is 0 Å². The fourth-order valence-corrected chi connectivity index (χ4v) is 3.31. The van der Waals surface area contributed by atoms with Gasteiger partial charge < -0.3 is 15.4 Å². The molecular formula is C20H30N2O3. The standard InChI is InChI=1S/C20H30N2O3/c1-3-25-18-10-9-17(13-15(18)2)20(24)22-12-11-21-19(23)14-16-7-5-4-6-8-16/h9-10,13,16H,3-8,11-12,14H2,1-2H3,(H,21,23)(H,22,24). The number of amides is 2. The van der Waals surface area contributed by atoms with Crippen LogP contribution in [0.1, 0.15) is 61.4 Å². The van der Waals surface area contributed by atoms with Crippen LogP contribution in [-0.2, 0) is 4.79 Å². The molecule has 0 saturated heterocycles. The van der Waals surface area contributed by atoms with E-state index in [0.717, 1.165) is 11.3 Å². The summed E-state index contributed by atoms with van der Waals surface area (Å²) in [5.74, 6) is 1.30. The van der Waals surface area contributed by atoms with Gasteiger partial charge in [-0.25, -0.2) is 0 Å². The van der Waals surface area contributed by atoms with Crippen molar-refractivity contribution in [2.45, 2.75) is 52.4 Å².